The van der Waals surface area contributed by atoms with E-state index < -0.39 is 0 Å². The van der Waals surface area contributed by atoms with Gasteiger partial charge in [0.05, 0.1) is 7.11 Å². The van der Waals surface area contributed by atoms with E-state index in [9.17, 15) is 4.79 Å². The van der Waals surface area contributed by atoms with Crippen molar-refractivity contribution in [3.8, 4) is 0 Å². The van der Waals surface area contributed by atoms with E-state index in [0.717, 1.165) is 0 Å². The van der Waals surface area contributed by atoms with Gasteiger partial charge in [-0.2, -0.15) is 0 Å². The van der Waals surface area contributed by atoms with Gasteiger partial charge in [-0.3, -0.25) is 9.69 Å². The molecule has 1 aliphatic heterocycles. The number of nitrogens with zero attached hydrogens (tertiary/aromatic N) is 2. The van der Waals surface area contributed by atoms with E-state index in [0.29, 0.717) is 11.6 Å². The van der Waals surface area contributed by atoms with E-state index in [1.165, 1.54) is 25.3 Å². The number of rotatable bonds is 1. The predicted octanol–water partition coefficient (Wildman–Crippen LogP) is 0.878. The van der Waals surface area contributed by atoms with Crippen molar-refractivity contribution in [2.24, 2.45) is 4.99 Å². The van der Waals surface area contributed by atoms with Crippen LogP contribution in [0.4, 0.5) is 0 Å². The van der Waals surface area contributed by atoms with Crippen LogP contribution in [-0.2, 0) is 9.53 Å². The van der Waals surface area contributed by atoms with Gasteiger partial charge in [0.2, 0.25) is 11.8 Å². The third-order valence-electron chi connectivity index (χ3n) is 1.45. The second-order valence-corrected chi connectivity index (χ2v) is 2.31. The van der Waals surface area contributed by atoms with Gasteiger partial charge in [-0.25, -0.2) is 4.99 Å². The molecule has 0 atom stereocenters. The number of hydrogen-bond acceptors (Lipinski definition) is 3. The summed E-state index contributed by atoms with van der Waals surface area (Å²) < 4.78 is 4.85. The summed E-state index contributed by atoms with van der Waals surface area (Å²) in [5.41, 5.74) is 0.564. The Balaban J connectivity index is 2.82. The molecular weight excluding hydrogens is 156 g/mol. The van der Waals surface area contributed by atoms with E-state index in [1.54, 1.807) is 6.08 Å². The Bertz CT molecular complexity index is 279. The maximum atomic E-state index is 10.9. The molecule has 0 N–H and O–H groups in total. The monoisotopic (exact) mass is 166 g/mol. The fourth-order valence-corrected chi connectivity index (χ4v) is 0.833. The van der Waals surface area contributed by atoms with Gasteiger partial charge in [0.15, 0.2) is 0 Å². The Morgan fingerprint density at radius 2 is 2.42 bits per heavy atom. The molecule has 1 rings (SSSR count). The van der Waals surface area contributed by atoms with E-state index in [2.05, 4.69) is 11.6 Å². The highest BCUT2D eigenvalue weighted by Gasteiger charge is 2.13. The zero-order valence-corrected chi connectivity index (χ0v) is 7.07. The maximum absolute atomic E-state index is 10.9. The van der Waals surface area contributed by atoms with Crippen LogP contribution in [0.15, 0.2) is 29.2 Å². The van der Waals surface area contributed by atoms with Crippen molar-refractivity contribution in [2.75, 3.05) is 7.11 Å². The Labute approximate surface area is 70.8 Å². The van der Waals surface area contributed by atoms with Crippen molar-refractivity contribution in [1.29, 1.82) is 0 Å². The molecule has 4 heteroatoms. The summed E-state index contributed by atoms with van der Waals surface area (Å²) in [6.45, 7) is 5.12. The number of methoxy groups -OCH3 is 1. The Hall–Kier alpha value is -1.58. The second kappa shape index (κ2) is 3.21. The molecule has 1 aliphatic rings. The molecule has 0 aromatic carbocycles. The zero-order chi connectivity index (χ0) is 9.14. The smallest absolute Gasteiger partial charge is 0.229 e. The molecule has 0 spiro atoms. The zero-order valence-electron chi connectivity index (χ0n) is 7.07. The normalized spacial score (nSPS) is 16.0. The first-order chi connectivity index (χ1) is 5.65. The van der Waals surface area contributed by atoms with Crippen molar-refractivity contribution < 1.29 is 9.53 Å². The van der Waals surface area contributed by atoms with E-state index in [1.807, 2.05) is 0 Å². The molecule has 0 aromatic heterocycles. The van der Waals surface area contributed by atoms with Gasteiger partial charge in [-0.15, -0.1) is 0 Å². The number of carbonyl (C=O) groups is 1. The van der Waals surface area contributed by atoms with Crippen molar-refractivity contribution in [3.63, 3.8) is 0 Å². The predicted molar refractivity (Wildman–Crippen MR) is 45.2 cm³/mol. The molecule has 0 fully saturated rings. The number of allylic oxidation sites excluding steroid dienone is 1. The molecule has 0 saturated heterocycles. The molecule has 12 heavy (non-hydrogen) atoms. The van der Waals surface area contributed by atoms with Crippen molar-refractivity contribution in [2.45, 2.75) is 6.92 Å². The lowest BCUT2D eigenvalue weighted by Gasteiger charge is -2.19. The molecular formula is C8H10N2O2. The highest BCUT2D eigenvalue weighted by molar-refractivity contribution is 5.89. The highest BCUT2D eigenvalue weighted by atomic mass is 16.5. The van der Waals surface area contributed by atoms with Crippen molar-refractivity contribution >= 4 is 12.2 Å². The van der Waals surface area contributed by atoms with Gasteiger partial charge in [0.25, 0.3) is 0 Å². The number of hydrogen-bond donors (Lipinski definition) is 0. The van der Waals surface area contributed by atoms with Crippen LogP contribution < -0.4 is 0 Å². The Kier molecular flexibility index (Phi) is 2.28. The van der Waals surface area contributed by atoms with Crippen LogP contribution in [0.2, 0.25) is 0 Å². The fourth-order valence-electron chi connectivity index (χ4n) is 0.833. The SMILES string of the molecule is C=C1C=C(OC)N=CN1C(C)=O. The number of aliphatic imine (C=N–C) groups is 1. The molecule has 0 saturated carbocycles. The van der Waals surface area contributed by atoms with E-state index in [4.69, 9.17) is 4.74 Å². The first-order valence-corrected chi connectivity index (χ1v) is 3.43. The maximum Gasteiger partial charge on any atom is 0.229 e. The van der Waals surface area contributed by atoms with E-state index >= 15 is 0 Å². The molecule has 64 valence electrons. The number of amides is 1. The van der Waals surface area contributed by atoms with Crippen LogP contribution in [0.1, 0.15) is 6.92 Å². The molecule has 1 amide bonds. The molecule has 0 bridgehead atoms. The highest BCUT2D eigenvalue weighted by Crippen LogP contribution is 2.12. The third kappa shape index (κ3) is 1.53. The molecule has 0 aliphatic carbocycles. The minimum Gasteiger partial charge on any atom is -0.481 e. The fraction of sp³-hybridized carbons (Fsp3) is 0.250. The van der Waals surface area contributed by atoms with Gasteiger partial charge in [-0.1, -0.05) is 6.58 Å². The average Bonchev–Trinajstić information content (AvgIpc) is 2.03. The van der Waals surface area contributed by atoms with Gasteiger partial charge in [0, 0.05) is 18.7 Å². The first-order valence-electron chi connectivity index (χ1n) is 3.43. The van der Waals surface area contributed by atoms with Crippen LogP contribution >= 0.6 is 0 Å². The first kappa shape index (κ1) is 8.52. The quantitative estimate of drug-likeness (QED) is 0.580. The summed E-state index contributed by atoms with van der Waals surface area (Å²) in [5.74, 6) is 0.340. The molecule has 0 radical (unpaired) electrons. The summed E-state index contributed by atoms with van der Waals surface area (Å²) in [4.78, 5) is 16.1. The topological polar surface area (TPSA) is 41.9 Å². The number of ether oxygens (including phenoxy) is 1. The molecule has 0 aromatic rings. The van der Waals surface area contributed by atoms with Crippen LogP contribution in [0, 0.1) is 0 Å². The van der Waals surface area contributed by atoms with Crippen LogP contribution in [0.25, 0.3) is 0 Å². The summed E-state index contributed by atoms with van der Waals surface area (Å²) in [5, 5.41) is 0. The minimum absolute atomic E-state index is 0.116. The standard InChI is InChI=1S/C8H10N2O2/c1-6-4-8(12-3)9-5-10(6)7(2)11/h4-5H,1H2,2-3H3. The van der Waals surface area contributed by atoms with Gasteiger partial charge < -0.3 is 4.74 Å². The van der Waals surface area contributed by atoms with Crippen LogP contribution in [-0.4, -0.2) is 24.3 Å². The van der Waals surface area contributed by atoms with Crippen molar-refractivity contribution in [3.05, 3.63) is 24.2 Å². The van der Waals surface area contributed by atoms with E-state index in [-0.39, 0.29) is 5.91 Å². The lowest BCUT2D eigenvalue weighted by Crippen LogP contribution is -2.27. The van der Waals surface area contributed by atoms with Gasteiger partial charge >= 0.3 is 0 Å². The van der Waals surface area contributed by atoms with Crippen LogP contribution in [0.3, 0.4) is 0 Å². The minimum atomic E-state index is -0.116. The largest absolute Gasteiger partial charge is 0.481 e. The Morgan fingerprint density at radius 3 is 2.83 bits per heavy atom. The molecule has 0 unspecified atom stereocenters. The summed E-state index contributed by atoms with van der Waals surface area (Å²) >= 11 is 0. The Morgan fingerprint density at radius 1 is 1.75 bits per heavy atom. The lowest BCUT2D eigenvalue weighted by molar-refractivity contribution is -0.123. The number of carbonyl (C=O) groups excluding carboxylic acids is 1. The summed E-state index contributed by atoms with van der Waals surface area (Å²) in [6, 6.07) is 0. The molecule has 4 nitrogen and oxygen atoms in total. The van der Waals surface area contributed by atoms with Crippen molar-refractivity contribution in [1.82, 2.24) is 4.90 Å². The molecule has 1 heterocycles. The van der Waals surface area contributed by atoms with Gasteiger partial charge in [-0.05, 0) is 0 Å². The second-order valence-electron chi connectivity index (χ2n) is 2.31. The lowest BCUT2D eigenvalue weighted by atomic mass is 10.3. The average molecular weight is 166 g/mol. The summed E-state index contributed by atoms with van der Waals surface area (Å²) in [7, 11) is 1.51. The summed E-state index contributed by atoms with van der Waals surface area (Å²) in [6.07, 6.45) is 2.99. The third-order valence-corrected chi connectivity index (χ3v) is 1.45. The van der Waals surface area contributed by atoms with Crippen LogP contribution in [0.5, 0.6) is 0 Å². The van der Waals surface area contributed by atoms with Gasteiger partial charge in [0.1, 0.15) is 6.34 Å².